The van der Waals surface area contributed by atoms with Crippen LogP contribution in [-0.4, -0.2) is 22.1 Å². The maximum Gasteiger partial charge on any atom is 0.338 e. The zero-order valence-electron chi connectivity index (χ0n) is 11.5. The molecule has 0 aliphatic carbocycles. The Hall–Kier alpha value is -3.08. The lowest BCUT2D eigenvalue weighted by atomic mass is 9.99. The van der Waals surface area contributed by atoms with Crippen LogP contribution in [0.15, 0.2) is 72.0 Å². The van der Waals surface area contributed by atoms with Crippen LogP contribution in [0, 0.1) is 0 Å². The molecule has 1 aliphatic rings. The molecule has 1 unspecified atom stereocenters. The highest BCUT2D eigenvalue weighted by Gasteiger charge is 2.44. The Morgan fingerprint density at radius 3 is 2.05 bits per heavy atom. The summed E-state index contributed by atoms with van der Waals surface area (Å²) in [5, 5.41) is 19.4. The Morgan fingerprint density at radius 2 is 1.50 bits per heavy atom. The molecule has 2 N–H and O–H groups in total. The number of para-hydroxylation sites is 1. The number of hydrogen-bond acceptors (Lipinski definition) is 3. The summed E-state index contributed by atoms with van der Waals surface area (Å²) < 4.78 is 0. The van der Waals surface area contributed by atoms with Gasteiger partial charge in [-0.25, -0.2) is 4.79 Å². The molecule has 2 aromatic rings. The molecule has 5 nitrogen and oxygen atoms in total. The number of benzene rings is 2. The van der Waals surface area contributed by atoms with E-state index in [4.69, 9.17) is 0 Å². The number of anilines is 1. The topological polar surface area (TPSA) is 77.8 Å². The molecule has 0 radical (unpaired) electrons. The summed E-state index contributed by atoms with van der Waals surface area (Å²) in [6.45, 7) is 0. The van der Waals surface area contributed by atoms with E-state index in [-0.39, 0.29) is 5.57 Å². The zero-order chi connectivity index (χ0) is 15.7. The molecule has 2 aromatic carbocycles. The van der Waals surface area contributed by atoms with Crippen molar-refractivity contribution in [2.45, 2.75) is 6.04 Å². The van der Waals surface area contributed by atoms with Gasteiger partial charge in [-0.05, 0) is 17.7 Å². The number of aliphatic hydroxyl groups is 1. The number of carbonyl (C=O) groups excluding carboxylic acids is 1. The van der Waals surface area contributed by atoms with Gasteiger partial charge in [0.05, 0.1) is 6.04 Å². The lowest BCUT2D eigenvalue weighted by molar-refractivity contribution is -0.133. The van der Waals surface area contributed by atoms with Crippen LogP contribution in [0.2, 0.25) is 0 Å². The average molecular weight is 295 g/mol. The molecule has 3 rings (SSSR count). The van der Waals surface area contributed by atoms with E-state index in [9.17, 15) is 19.8 Å². The normalized spacial score (nSPS) is 17.9. The molecule has 5 heteroatoms. The van der Waals surface area contributed by atoms with Gasteiger partial charge in [-0.2, -0.15) is 0 Å². The molecule has 0 aromatic heterocycles. The van der Waals surface area contributed by atoms with Gasteiger partial charge in [0, 0.05) is 5.69 Å². The van der Waals surface area contributed by atoms with Gasteiger partial charge < -0.3 is 10.2 Å². The molecule has 1 atom stereocenters. The minimum atomic E-state index is -1.31. The van der Waals surface area contributed by atoms with E-state index in [1.54, 1.807) is 60.7 Å². The second-order valence-electron chi connectivity index (χ2n) is 4.89. The van der Waals surface area contributed by atoms with E-state index < -0.39 is 23.7 Å². The largest absolute Gasteiger partial charge is 0.503 e. The number of amides is 1. The maximum absolute atomic E-state index is 12.4. The van der Waals surface area contributed by atoms with E-state index in [0.29, 0.717) is 11.3 Å². The van der Waals surface area contributed by atoms with E-state index in [1.165, 1.54) is 4.90 Å². The molecule has 0 bridgehead atoms. The number of carbonyl (C=O) groups is 2. The highest BCUT2D eigenvalue weighted by molar-refractivity contribution is 6.14. The first-order valence-electron chi connectivity index (χ1n) is 6.71. The quantitative estimate of drug-likeness (QED) is 0.912. The third kappa shape index (κ3) is 2.13. The minimum absolute atomic E-state index is 0.306. The Morgan fingerprint density at radius 1 is 0.955 bits per heavy atom. The first-order chi connectivity index (χ1) is 10.6. The Kier molecular flexibility index (Phi) is 3.39. The van der Waals surface area contributed by atoms with Crippen molar-refractivity contribution >= 4 is 17.6 Å². The van der Waals surface area contributed by atoms with Crippen molar-refractivity contribution < 1.29 is 19.8 Å². The fourth-order valence-corrected chi connectivity index (χ4v) is 2.63. The van der Waals surface area contributed by atoms with Crippen LogP contribution >= 0.6 is 0 Å². The van der Waals surface area contributed by atoms with Crippen LogP contribution < -0.4 is 4.90 Å². The van der Waals surface area contributed by atoms with E-state index >= 15 is 0 Å². The molecule has 1 aliphatic heterocycles. The van der Waals surface area contributed by atoms with Crippen LogP contribution in [-0.2, 0) is 9.59 Å². The standard InChI is InChI=1S/C17H13NO4/c19-15-13(17(21)22)14(11-7-3-1-4-8-11)18(16(15)20)12-9-5-2-6-10-12/h1-10,14,19H,(H,21,22). The summed E-state index contributed by atoms with van der Waals surface area (Å²) in [7, 11) is 0. The Labute approximate surface area is 126 Å². The number of aliphatic hydroxyl groups excluding tert-OH is 1. The van der Waals surface area contributed by atoms with Crippen molar-refractivity contribution in [2.24, 2.45) is 0 Å². The first kappa shape index (κ1) is 13.9. The molecule has 1 heterocycles. The number of hydrogen-bond donors (Lipinski definition) is 2. The molecule has 1 amide bonds. The van der Waals surface area contributed by atoms with E-state index in [2.05, 4.69) is 0 Å². The number of aliphatic carboxylic acids is 1. The van der Waals surface area contributed by atoms with Gasteiger partial charge in [0.2, 0.25) is 0 Å². The highest BCUT2D eigenvalue weighted by atomic mass is 16.4. The number of carboxylic acids is 1. The van der Waals surface area contributed by atoms with Crippen LogP contribution in [0.25, 0.3) is 0 Å². The molecule has 0 saturated carbocycles. The average Bonchev–Trinajstić information content (AvgIpc) is 2.81. The van der Waals surface area contributed by atoms with Gasteiger partial charge in [0.15, 0.2) is 5.76 Å². The summed E-state index contributed by atoms with van der Waals surface area (Å²) in [5.74, 6) is -2.74. The van der Waals surface area contributed by atoms with Gasteiger partial charge in [0.25, 0.3) is 5.91 Å². The monoisotopic (exact) mass is 295 g/mol. The van der Waals surface area contributed by atoms with Gasteiger partial charge in [0.1, 0.15) is 5.57 Å². The smallest absolute Gasteiger partial charge is 0.338 e. The lowest BCUT2D eigenvalue weighted by Gasteiger charge is -2.26. The van der Waals surface area contributed by atoms with Gasteiger partial charge in [-0.15, -0.1) is 0 Å². The predicted molar refractivity (Wildman–Crippen MR) is 80.4 cm³/mol. The van der Waals surface area contributed by atoms with Gasteiger partial charge in [-0.3, -0.25) is 9.69 Å². The number of rotatable bonds is 3. The Balaban J connectivity index is 2.18. The third-order valence-electron chi connectivity index (χ3n) is 3.59. The second-order valence-corrected chi connectivity index (χ2v) is 4.89. The van der Waals surface area contributed by atoms with Crippen LogP contribution in [0.1, 0.15) is 11.6 Å². The molecule has 22 heavy (non-hydrogen) atoms. The predicted octanol–water partition coefficient (Wildman–Crippen LogP) is 2.67. The van der Waals surface area contributed by atoms with Crippen molar-refractivity contribution in [3.05, 3.63) is 77.6 Å². The van der Waals surface area contributed by atoms with Crippen molar-refractivity contribution in [1.82, 2.24) is 0 Å². The van der Waals surface area contributed by atoms with E-state index in [0.717, 1.165) is 0 Å². The third-order valence-corrected chi connectivity index (χ3v) is 3.59. The maximum atomic E-state index is 12.4. The molecule has 0 saturated heterocycles. The summed E-state index contributed by atoms with van der Waals surface area (Å²) in [6.07, 6.45) is 0. The Bertz CT molecular complexity index is 753. The number of carboxylic acid groups (broad SMARTS) is 1. The summed E-state index contributed by atoms with van der Waals surface area (Å²) in [4.78, 5) is 25.2. The van der Waals surface area contributed by atoms with Crippen molar-refractivity contribution in [3.8, 4) is 0 Å². The number of nitrogens with zero attached hydrogens (tertiary/aromatic N) is 1. The minimum Gasteiger partial charge on any atom is -0.503 e. The van der Waals surface area contributed by atoms with Gasteiger partial charge in [-0.1, -0.05) is 48.5 Å². The highest BCUT2D eigenvalue weighted by Crippen LogP contribution is 2.40. The van der Waals surface area contributed by atoms with Crippen molar-refractivity contribution in [1.29, 1.82) is 0 Å². The zero-order valence-corrected chi connectivity index (χ0v) is 11.5. The van der Waals surface area contributed by atoms with E-state index in [1.807, 2.05) is 0 Å². The van der Waals surface area contributed by atoms with Crippen molar-refractivity contribution in [3.63, 3.8) is 0 Å². The van der Waals surface area contributed by atoms with Crippen LogP contribution in [0.3, 0.4) is 0 Å². The summed E-state index contributed by atoms with van der Waals surface area (Å²) >= 11 is 0. The fraction of sp³-hybridized carbons (Fsp3) is 0.0588. The van der Waals surface area contributed by atoms with Crippen molar-refractivity contribution in [2.75, 3.05) is 4.90 Å². The fourth-order valence-electron chi connectivity index (χ4n) is 2.63. The van der Waals surface area contributed by atoms with Crippen LogP contribution in [0.4, 0.5) is 5.69 Å². The first-order valence-corrected chi connectivity index (χ1v) is 6.71. The molecular formula is C17H13NO4. The summed E-state index contributed by atoms with van der Waals surface area (Å²) in [5.41, 5.74) is 0.852. The molecule has 0 fully saturated rings. The summed E-state index contributed by atoms with van der Waals surface area (Å²) in [6, 6.07) is 16.6. The molecule has 0 spiro atoms. The molecule has 110 valence electrons. The lowest BCUT2D eigenvalue weighted by Crippen LogP contribution is -2.30. The molecular weight excluding hydrogens is 282 g/mol. The SMILES string of the molecule is O=C(O)C1=C(O)C(=O)N(c2ccccc2)C1c1ccccc1. The van der Waals surface area contributed by atoms with Gasteiger partial charge >= 0.3 is 5.97 Å². The second kappa shape index (κ2) is 5.37. The van der Waals surface area contributed by atoms with Crippen LogP contribution in [0.5, 0.6) is 0 Å².